The monoisotopic (exact) mass is 263 g/mol. The van der Waals surface area contributed by atoms with Crippen molar-refractivity contribution >= 4 is 17.3 Å². The van der Waals surface area contributed by atoms with Gasteiger partial charge in [-0.1, -0.05) is 31.5 Å². The van der Waals surface area contributed by atoms with E-state index in [0.29, 0.717) is 6.04 Å². The minimum absolute atomic E-state index is 0.464. The Hall–Kier alpha value is -1.48. The molecule has 4 heteroatoms. The lowest BCUT2D eigenvalue weighted by Gasteiger charge is -2.20. The second-order valence-corrected chi connectivity index (χ2v) is 4.67. The lowest BCUT2D eigenvalue weighted by molar-refractivity contribution is 0.671. The molecule has 3 nitrogen and oxygen atoms in total. The van der Waals surface area contributed by atoms with Crippen molar-refractivity contribution in [2.75, 3.05) is 5.32 Å². The summed E-state index contributed by atoms with van der Waals surface area (Å²) < 4.78 is 1.94. The molecule has 0 amide bonds. The minimum Gasteiger partial charge on any atom is -0.381 e. The van der Waals surface area contributed by atoms with Crippen LogP contribution < -0.4 is 5.32 Å². The quantitative estimate of drug-likeness (QED) is 0.879. The van der Waals surface area contributed by atoms with Gasteiger partial charge in [0.05, 0.1) is 22.7 Å². The molecule has 1 heterocycles. The third-order valence-corrected chi connectivity index (χ3v) is 3.40. The number of halogens is 1. The van der Waals surface area contributed by atoms with Gasteiger partial charge in [0.25, 0.3) is 0 Å². The highest BCUT2D eigenvalue weighted by Gasteiger charge is 2.11. The van der Waals surface area contributed by atoms with Gasteiger partial charge in [0, 0.05) is 18.4 Å². The van der Waals surface area contributed by atoms with E-state index in [2.05, 4.69) is 30.2 Å². The van der Waals surface area contributed by atoms with Gasteiger partial charge in [-0.05, 0) is 25.0 Å². The van der Waals surface area contributed by atoms with Crippen molar-refractivity contribution in [2.24, 2.45) is 0 Å². The predicted octanol–water partition coefficient (Wildman–Crippen LogP) is 4.13. The summed E-state index contributed by atoms with van der Waals surface area (Å²) in [5.41, 5.74) is 2.01. The first-order chi connectivity index (χ1) is 8.76. The molecule has 0 saturated carbocycles. The van der Waals surface area contributed by atoms with Gasteiger partial charge in [-0.25, -0.2) is 4.98 Å². The van der Waals surface area contributed by atoms with Gasteiger partial charge in [0.1, 0.15) is 0 Å². The van der Waals surface area contributed by atoms with E-state index in [4.69, 9.17) is 11.6 Å². The van der Waals surface area contributed by atoms with Gasteiger partial charge in [0.2, 0.25) is 0 Å². The first kappa shape index (κ1) is 13.0. The zero-order valence-corrected chi connectivity index (χ0v) is 11.5. The molecular formula is C14H18ClN3. The van der Waals surface area contributed by atoms with Crippen LogP contribution in [0.3, 0.4) is 0 Å². The van der Waals surface area contributed by atoms with Gasteiger partial charge in [-0.3, -0.25) is 0 Å². The Bertz CT molecular complexity index is 490. The van der Waals surface area contributed by atoms with Crippen molar-refractivity contribution in [1.82, 2.24) is 9.55 Å². The molecule has 0 saturated heterocycles. The van der Waals surface area contributed by atoms with E-state index < -0.39 is 0 Å². The molecule has 0 aliphatic carbocycles. The Morgan fingerprint density at radius 2 is 2.11 bits per heavy atom. The van der Waals surface area contributed by atoms with Crippen molar-refractivity contribution in [3.63, 3.8) is 0 Å². The maximum Gasteiger partial charge on any atom is 0.0992 e. The summed E-state index contributed by atoms with van der Waals surface area (Å²) in [6.45, 7) is 4.37. The molecule has 0 fully saturated rings. The van der Waals surface area contributed by atoms with Crippen molar-refractivity contribution in [3.8, 4) is 5.69 Å². The van der Waals surface area contributed by atoms with E-state index >= 15 is 0 Å². The van der Waals surface area contributed by atoms with Crippen LogP contribution in [0.1, 0.15) is 26.7 Å². The molecule has 2 aromatic rings. The summed E-state index contributed by atoms with van der Waals surface area (Å²) >= 11 is 6.30. The zero-order chi connectivity index (χ0) is 13.0. The summed E-state index contributed by atoms with van der Waals surface area (Å²) in [6, 6.07) is 6.38. The molecule has 0 bridgehead atoms. The second-order valence-electron chi connectivity index (χ2n) is 4.26. The first-order valence-electron chi connectivity index (χ1n) is 6.29. The molecule has 18 heavy (non-hydrogen) atoms. The lowest BCUT2D eigenvalue weighted by Crippen LogP contribution is -2.18. The second kappa shape index (κ2) is 5.91. The molecule has 0 aliphatic rings. The average molecular weight is 264 g/mol. The molecule has 1 N–H and O–H groups in total. The highest BCUT2D eigenvalue weighted by molar-refractivity contribution is 6.33. The van der Waals surface area contributed by atoms with Crippen LogP contribution in [0.2, 0.25) is 5.02 Å². The topological polar surface area (TPSA) is 29.9 Å². The fraction of sp³-hybridized carbons (Fsp3) is 0.357. The summed E-state index contributed by atoms with van der Waals surface area (Å²) in [6.07, 6.45) is 7.60. The molecule has 1 aromatic heterocycles. The number of hydrogen-bond donors (Lipinski definition) is 1. The van der Waals surface area contributed by atoms with Crippen LogP contribution in [0.25, 0.3) is 5.69 Å². The molecule has 0 aliphatic heterocycles. The van der Waals surface area contributed by atoms with Gasteiger partial charge in [0.15, 0.2) is 0 Å². The van der Waals surface area contributed by atoms with Crippen LogP contribution >= 0.6 is 11.6 Å². The van der Waals surface area contributed by atoms with Crippen LogP contribution in [0.15, 0.2) is 36.9 Å². The van der Waals surface area contributed by atoms with Crippen molar-refractivity contribution in [3.05, 3.63) is 41.9 Å². The smallest absolute Gasteiger partial charge is 0.0992 e. The molecule has 0 atom stereocenters. The summed E-state index contributed by atoms with van der Waals surface area (Å²) in [5.74, 6) is 0. The predicted molar refractivity (Wildman–Crippen MR) is 76.6 cm³/mol. The highest BCUT2D eigenvalue weighted by Crippen LogP contribution is 2.29. The number of nitrogens with zero attached hydrogens (tertiary/aromatic N) is 2. The normalized spacial score (nSPS) is 10.9. The van der Waals surface area contributed by atoms with Gasteiger partial charge in [-0.15, -0.1) is 0 Å². The van der Waals surface area contributed by atoms with Crippen LogP contribution in [0, 0.1) is 0 Å². The van der Waals surface area contributed by atoms with E-state index in [1.165, 1.54) is 0 Å². The molecule has 0 spiro atoms. The third-order valence-electron chi connectivity index (χ3n) is 3.09. The fourth-order valence-corrected chi connectivity index (χ4v) is 2.27. The summed E-state index contributed by atoms with van der Waals surface area (Å²) in [4.78, 5) is 4.08. The highest BCUT2D eigenvalue weighted by atomic mass is 35.5. The minimum atomic E-state index is 0.464. The number of nitrogens with one attached hydrogen (secondary N) is 1. The van der Waals surface area contributed by atoms with E-state index in [1.807, 2.05) is 22.9 Å². The molecule has 0 unspecified atom stereocenters. The molecular weight excluding hydrogens is 246 g/mol. The fourth-order valence-electron chi connectivity index (χ4n) is 2.00. The Kier molecular flexibility index (Phi) is 4.26. The Morgan fingerprint density at radius 3 is 2.72 bits per heavy atom. The number of aromatic nitrogens is 2. The zero-order valence-electron chi connectivity index (χ0n) is 10.7. The van der Waals surface area contributed by atoms with E-state index in [0.717, 1.165) is 29.2 Å². The maximum absolute atomic E-state index is 6.30. The van der Waals surface area contributed by atoms with E-state index in [9.17, 15) is 0 Å². The molecule has 1 aromatic carbocycles. The number of anilines is 1. The van der Waals surface area contributed by atoms with Crippen molar-refractivity contribution < 1.29 is 0 Å². The summed E-state index contributed by atoms with van der Waals surface area (Å²) in [7, 11) is 0. The van der Waals surface area contributed by atoms with E-state index in [1.54, 1.807) is 12.5 Å². The SMILES string of the molecule is CCC(CC)Nc1cccc(Cl)c1-n1ccnc1. The number of para-hydroxylation sites is 1. The van der Waals surface area contributed by atoms with Gasteiger partial charge in [-0.2, -0.15) is 0 Å². The van der Waals surface area contributed by atoms with Gasteiger partial charge >= 0.3 is 0 Å². The van der Waals surface area contributed by atoms with Crippen LogP contribution in [0.5, 0.6) is 0 Å². The van der Waals surface area contributed by atoms with Crippen LogP contribution in [-0.2, 0) is 0 Å². The van der Waals surface area contributed by atoms with Crippen molar-refractivity contribution in [2.45, 2.75) is 32.7 Å². The molecule has 2 rings (SSSR count). The van der Waals surface area contributed by atoms with Crippen molar-refractivity contribution in [1.29, 1.82) is 0 Å². The number of imidazole rings is 1. The van der Waals surface area contributed by atoms with E-state index in [-0.39, 0.29) is 0 Å². The lowest BCUT2D eigenvalue weighted by atomic mass is 10.1. The average Bonchev–Trinajstić information content (AvgIpc) is 2.89. The largest absolute Gasteiger partial charge is 0.381 e. The number of benzene rings is 1. The van der Waals surface area contributed by atoms with Gasteiger partial charge < -0.3 is 9.88 Å². The molecule has 0 radical (unpaired) electrons. The maximum atomic E-state index is 6.30. The number of hydrogen-bond acceptors (Lipinski definition) is 2. The van der Waals surface area contributed by atoms with Crippen LogP contribution in [-0.4, -0.2) is 15.6 Å². The van der Waals surface area contributed by atoms with Crippen LogP contribution in [0.4, 0.5) is 5.69 Å². The Balaban J connectivity index is 2.38. The molecule has 96 valence electrons. The standard InChI is InChI=1S/C14H18ClN3/c1-3-11(4-2)17-13-7-5-6-12(15)14(13)18-9-8-16-10-18/h5-11,17H,3-4H2,1-2H3. The third kappa shape index (κ3) is 2.67. The Morgan fingerprint density at radius 1 is 1.33 bits per heavy atom. The number of rotatable bonds is 5. The Labute approximate surface area is 113 Å². The first-order valence-corrected chi connectivity index (χ1v) is 6.67. The summed E-state index contributed by atoms with van der Waals surface area (Å²) in [5, 5.41) is 4.27.